The van der Waals surface area contributed by atoms with Gasteiger partial charge in [-0.3, -0.25) is 14.9 Å². The second kappa shape index (κ2) is 8.74. The Bertz CT molecular complexity index is 1160. The van der Waals surface area contributed by atoms with Crippen LogP contribution in [0.25, 0.3) is 0 Å². The number of nitrogens with zero attached hydrogens (tertiary/aromatic N) is 2. The molecule has 1 atom stereocenters. The average Bonchev–Trinajstić information content (AvgIpc) is 3.25. The molecule has 2 heterocycles. The van der Waals surface area contributed by atoms with Crippen molar-refractivity contribution in [2.45, 2.75) is 38.1 Å². The number of benzene rings is 2. The van der Waals surface area contributed by atoms with E-state index in [-0.39, 0.29) is 17.7 Å². The van der Waals surface area contributed by atoms with Crippen LogP contribution in [0.5, 0.6) is 5.75 Å². The van der Waals surface area contributed by atoms with Gasteiger partial charge in [-0.05, 0) is 61.1 Å². The van der Waals surface area contributed by atoms with Crippen molar-refractivity contribution in [1.29, 1.82) is 0 Å². The minimum absolute atomic E-state index is 0.152. The number of carbonyl (C=O) groups is 2. The average molecular weight is 448 g/mol. The summed E-state index contributed by atoms with van der Waals surface area (Å²) >= 11 is 1.48. The number of aryl methyl sites for hydroxylation is 1. The summed E-state index contributed by atoms with van der Waals surface area (Å²) in [6.07, 6.45) is 3.56. The van der Waals surface area contributed by atoms with E-state index in [1.165, 1.54) is 22.5 Å². The topological polar surface area (TPSA) is 71.5 Å². The fourth-order valence-electron chi connectivity index (χ4n) is 4.53. The number of anilines is 1. The van der Waals surface area contributed by atoms with Crippen LogP contribution in [0.15, 0.2) is 48.5 Å². The Morgan fingerprint density at radius 2 is 1.88 bits per heavy atom. The number of fused-ring (bicyclic) bond motifs is 2. The first-order chi connectivity index (χ1) is 15.6. The summed E-state index contributed by atoms with van der Waals surface area (Å²) < 4.78 is 5.15. The molecule has 2 aromatic carbocycles. The van der Waals surface area contributed by atoms with Gasteiger partial charge in [0.1, 0.15) is 5.75 Å². The van der Waals surface area contributed by atoms with Crippen LogP contribution in [0.1, 0.15) is 50.8 Å². The van der Waals surface area contributed by atoms with E-state index < -0.39 is 0 Å². The Hall–Kier alpha value is -3.19. The van der Waals surface area contributed by atoms with Crippen LogP contribution in [-0.2, 0) is 24.2 Å². The van der Waals surface area contributed by atoms with E-state index in [1.54, 1.807) is 31.4 Å². The number of amides is 2. The third kappa shape index (κ3) is 4.00. The Labute approximate surface area is 191 Å². The highest BCUT2D eigenvalue weighted by Gasteiger charge is 2.34. The van der Waals surface area contributed by atoms with E-state index in [0.717, 1.165) is 42.8 Å². The van der Waals surface area contributed by atoms with Crippen LogP contribution in [0.3, 0.4) is 0 Å². The lowest BCUT2D eigenvalue weighted by atomic mass is 9.89. The van der Waals surface area contributed by atoms with E-state index in [4.69, 9.17) is 9.72 Å². The van der Waals surface area contributed by atoms with E-state index >= 15 is 0 Å². The number of methoxy groups -OCH3 is 1. The quantitative estimate of drug-likeness (QED) is 0.643. The van der Waals surface area contributed by atoms with Gasteiger partial charge in [-0.1, -0.05) is 24.3 Å². The van der Waals surface area contributed by atoms with Crippen LogP contribution in [0.2, 0.25) is 0 Å². The molecular weight excluding hydrogens is 422 g/mol. The molecule has 0 radical (unpaired) electrons. The van der Waals surface area contributed by atoms with Crippen molar-refractivity contribution >= 4 is 28.3 Å². The molecule has 1 aliphatic carbocycles. The molecular formula is C25H25N3O3S. The summed E-state index contributed by atoms with van der Waals surface area (Å²) in [5.41, 5.74) is 3.95. The maximum Gasteiger partial charge on any atom is 0.257 e. The molecule has 7 heteroatoms. The summed E-state index contributed by atoms with van der Waals surface area (Å²) in [5, 5.41) is 3.46. The number of rotatable bonds is 4. The summed E-state index contributed by atoms with van der Waals surface area (Å²) in [7, 11) is 1.59. The Morgan fingerprint density at radius 3 is 2.66 bits per heavy atom. The fraction of sp³-hybridized carbons (Fsp3) is 0.320. The van der Waals surface area contributed by atoms with E-state index in [1.807, 2.05) is 11.0 Å². The summed E-state index contributed by atoms with van der Waals surface area (Å²) in [6, 6.07) is 15.3. The number of ether oxygens (including phenoxy) is 1. The van der Waals surface area contributed by atoms with Gasteiger partial charge in [0.25, 0.3) is 5.91 Å². The zero-order valence-corrected chi connectivity index (χ0v) is 18.8. The van der Waals surface area contributed by atoms with Crippen molar-refractivity contribution < 1.29 is 14.3 Å². The molecule has 0 saturated carbocycles. The van der Waals surface area contributed by atoms with Crippen LogP contribution in [-0.4, -0.2) is 35.4 Å². The van der Waals surface area contributed by atoms with Crippen molar-refractivity contribution in [2.24, 2.45) is 0 Å². The van der Waals surface area contributed by atoms with Gasteiger partial charge in [0.2, 0.25) is 5.91 Å². The van der Waals surface area contributed by atoms with Crippen molar-refractivity contribution in [3.63, 3.8) is 0 Å². The van der Waals surface area contributed by atoms with E-state index in [9.17, 15) is 9.59 Å². The molecule has 0 spiro atoms. The molecule has 2 aliphatic rings. The lowest BCUT2D eigenvalue weighted by molar-refractivity contribution is -0.134. The third-order valence-corrected chi connectivity index (χ3v) is 7.31. The van der Waals surface area contributed by atoms with Gasteiger partial charge in [0.05, 0.1) is 18.7 Å². The summed E-state index contributed by atoms with van der Waals surface area (Å²) in [6.45, 7) is 1.40. The fourth-order valence-corrected chi connectivity index (χ4v) is 5.59. The van der Waals surface area contributed by atoms with Crippen LogP contribution in [0, 0.1) is 0 Å². The van der Waals surface area contributed by atoms with E-state index in [2.05, 4.69) is 23.5 Å². The Morgan fingerprint density at radius 1 is 1.09 bits per heavy atom. The highest BCUT2D eigenvalue weighted by atomic mass is 32.1. The third-order valence-electron chi connectivity index (χ3n) is 6.27. The zero-order chi connectivity index (χ0) is 22.1. The van der Waals surface area contributed by atoms with E-state index in [0.29, 0.717) is 23.0 Å². The standard InChI is InChI=1S/C25H25N3O3S/c1-31-19-11-9-17(10-12-19)23(29)27-25-26-22-20(7-4-8-21(22)32-25)24(30)28-14-13-16-5-2-3-6-18(16)15-28/h2-3,5-6,9-12,20H,4,7-8,13-15H2,1H3,(H,26,27,29). The molecule has 2 amide bonds. The second-order valence-corrected chi connectivity index (χ2v) is 9.32. The van der Waals surface area contributed by atoms with Gasteiger partial charge in [-0.2, -0.15) is 0 Å². The maximum absolute atomic E-state index is 13.4. The lowest BCUT2D eigenvalue weighted by Crippen LogP contribution is -2.39. The Balaban J connectivity index is 1.32. The molecule has 1 aromatic heterocycles. The van der Waals surface area contributed by atoms with Gasteiger partial charge >= 0.3 is 0 Å². The molecule has 5 rings (SSSR count). The van der Waals surface area contributed by atoms with Gasteiger partial charge in [-0.25, -0.2) is 4.98 Å². The minimum atomic E-state index is -0.230. The minimum Gasteiger partial charge on any atom is -0.497 e. The van der Waals surface area contributed by atoms with Gasteiger partial charge < -0.3 is 9.64 Å². The smallest absolute Gasteiger partial charge is 0.257 e. The monoisotopic (exact) mass is 447 g/mol. The normalized spacial score (nSPS) is 17.3. The SMILES string of the molecule is COc1ccc(C(=O)Nc2nc3c(s2)CCCC3C(=O)N2CCc3ccccc3C2)cc1. The first-order valence-corrected chi connectivity index (χ1v) is 11.7. The molecule has 1 aliphatic heterocycles. The molecule has 0 saturated heterocycles. The zero-order valence-electron chi connectivity index (χ0n) is 18.0. The highest BCUT2D eigenvalue weighted by molar-refractivity contribution is 7.16. The number of carbonyl (C=O) groups excluding carboxylic acids is 2. The molecule has 1 N–H and O–H groups in total. The predicted octanol–water partition coefficient (Wildman–Crippen LogP) is 4.41. The number of nitrogens with one attached hydrogen (secondary N) is 1. The summed E-state index contributed by atoms with van der Waals surface area (Å²) in [4.78, 5) is 33.9. The van der Waals surface area contributed by atoms with Crippen LogP contribution >= 0.6 is 11.3 Å². The van der Waals surface area contributed by atoms with Crippen molar-refractivity contribution in [1.82, 2.24) is 9.88 Å². The van der Waals surface area contributed by atoms with Gasteiger partial charge in [-0.15, -0.1) is 11.3 Å². The second-order valence-electron chi connectivity index (χ2n) is 8.23. The predicted molar refractivity (Wildman–Crippen MR) is 124 cm³/mol. The van der Waals surface area contributed by atoms with Crippen molar-refractivity contribution in [2.75, 3.05) is 19.0 Å². The molecule has 0 fully saturated rings. The van der Waals surface area contributed by atoms with Crippen LogP contribution < -0.4 is 10.1 Å². The largest absolute Gasteiger partial charge is 0.497 e. The number of aromatic nitrogens is 1. The highest BCUT2D eigenvalue weighted by Crippen LogP contribution is 2.38. The first-order valence-electron chi connectivity index (χ1n) is 10.9. The molecule has 0 bridgehead atoms. The molecule has 1 unspecified atom stereocenters. The maximum atomic E-state index is 13.4. The number of thiazole rings is 1. The van der Waals surface area contributed by atoms with Gasteiger partial charge in [0, 0.05) is 23.5 Å². The van der Waals surface area contributed by atoms with Gasteiger partial charge in [0.15, 0.2) is 5.13 Å². The first kappa shape index (κ1) is 20.7. The lowest BCUT2D eigenvalue weighted by Gasteiger charge is -2.32. The summed E-state index contributed by atoms with van der Waals surface area (Å²) in [5.74, 6) is 0.410. The number of hydrogen-bond acceptors (Lipinski definition) is 5. The molecule has 164 valence electrons. The number of hydrogen-bond donors (Lipinski definition) is 1. The van der Waals surface area contributed by atoms with Crippen molar-refractivity contribution in [3.05, 3.63) is 75.8 Å². The van der Waals surface area contributed by atoms with Crippen LogP contribution in [0.4, 0.5) is 5.13 Å². The van der Waals surface area contributed by atoms with Crippen molar-refractivity contribution in [3.8, 4) is 5.75 Å². The molecule has 32 heavy (non-hydrogen) atoms. The molecule has 3 aromatic rings. The molecule has 6 nitrogen and oxygen atoms in total. The Kier molecular flexibility index (Phi) is 5.66.